The fourth-order valence-electron chi connectivity index (χ4n) is 3.09. The minimum atomic E-state index is -3.86. The lowest BCUT2D eigenvalue weighted by molar-refractivity contribution is 0.0696. The van der Waals surface area contributed by atoms with Crippen LogP contribution in [0, 0.1) is 6.92 Å². The first-order valence-electron chi connectivity index (χ1n) is 9.31. The summed E-state index contributed by atoms with van der Waals surface area (Å²) in [5, 5.41) is 9.08. The number of aromatic carboxylic acids is 1. The van der Waals surface area contributed by atoms with Crippen molar-refractivity contribution in [2.24, 2.45) is 0 Å². The number of nitrogens with zero attached hydrogens (tertiary/aromatic N) is 1. The van der Waals surface area contributed by atoms with Gasteiger partial charge in [-0.3, -0.25) is 0 Å². The van der Waals surface area contributed by atoms with Crippen LogP contribution >= 0.6 is 0 Å². The highest BCUT2D eigenvalue weighted by atomic mass is 32.2. The van der Waals surface area contributed by atoms with E-state index in [0.29, 0.717) is 5.75 Å². The van der Waals surface area contributed by atoms with E-state index in [9.17, 15) is 13.2 Å². The Labute approximate surface area is 176 Å². The fraction of sp³-hybridized carbons (Fsp3) is 0.174. The summed E-state index contributed by atoms with van der Waals surface area (Å²) < 4.78 is 33.3. The number of sulfonamides is 1. The van der Waals surface area contributed by atoms with E-state index < -0.39 is 16.0 Å². The number of carboxylic acid groups (broad SMARTS) is 1. The topological polar surface area (TPSA) is 83.9 Å². The molecule has 7 heteroatoms. The van der Waals surface area contributed by atoms with Gasteiger partial charge in [0.1, 0.15) is 5.75 Å². The van der Waals surface area contributed by atoms with Crippen molar-refractivity contribution >= 4 is 16.0 Å². The number of hydrogen-bond acceptors (Lipinski definition) is 4. The maximum atomic E-state index is 13.4. The molecule has 30 heavy (non-hydrogen) atoms. The molecule has 3 aromatic rings. The normalized spacial score (nSPS) is 11.4. The first-order chi connectivity index (χ1) is 14.3. The van der Waals surface area contributed by atoms with Crippen LogP contribution in [0.4, 0.5) is 0 Å². The Balaban J connectivity index is 1.96. The van der Waals surface area contributed by atoms with Crippen LogP contribution in [0.2, 0.25) is 0 Å². The first-order valence-corrected chi connectivity index (χ1v) is 10.8. The molecule has 0 atom stereocenters. The summed E-state index contributed by atoms with van der Waals surface area (Å²) in [5.74, 6) is -0.412. The molecule has 0 amide bonds. The van der Waals surface area contributed by atoms with Gasteiger partial charge in [-0.2, -0.15) is 4.31 Å². The van der Waals surface area contributed by atoms with Gasteiger partial charge >= 0.3 is 5.97 Å². The Kier molecular flexibility index (Phi) is 6.54. The Morgan fingerprint density at radius 2 is 1.57 bits per heavy atom. The van der Waals surface area contributed by atoms with Crippen molar-refractivity contribution in [2.75, 3.05) is 7.11 Å². The molecule has 0 radical (unpaired) electrons. The third-order valence-electron chi connectivity index (χ3n) is 4.70. The van der Waals surface area contributed by atoms with Gasteiger partial charge in [-0.15, -0.1) is 0 Å². The van der Waals surface area contributed by atoms with Crippen molar-refractivity contribution in [2.45, 2.75) is 24.9 Å². The lowest BCUT2D eigenvalue weighted by atomic mass is 10.1. The van der Waals surface area contributed by atoms with Gasteiger partial charge in [-0.1, -0.05) is 42.0 Å². The average Bonchev–Trinajstić information content (AvgIpc) is 2.74. The predicted octanol–water partition coefficient (Wildman–Crippen LogP) is 4.09. The van der Waals surface area contributed by atoms with Crippen LogP contribution in [0.3, 0.4) is 0 Å². The molecule has 3 aromatic carbocycles. The summed E-state index contributed by atoms with van der Waals surface area (Å²) in [4.78, 5) is 11.1. The predicted molar refractivity (Wildman–Crippen MR) is 114 cm³/mol. The van der Waals surface area contributed by atoms with Gasteiger partial charge in [0.2, 0.25) is 10.0 Å². The number of rotatable bonds is 8. The highest BCUT2D eigenvalue weighted by Gasteiger charge is 2.25. The van der Waals surface area contributed by atoms with E-state index in [2.05, 4.69) is 0 Å². The Hall–Kier alpha value is -3.16. The van der Waals surface area contributed by atoms with E-state index in [1.54, 1.807) is 19.2 Å². The van der Waals surface area contributed by atoms with Crippen LogP contribution in [0.1, 0.15) is 27.0 Å². The maximum Gasteiger partial charge on any atom is 0.335 e. The third kappa shape index (κ3) is 5.06. The van der Waals surface area contributed by atoms with Crippen molar-refractivity contribution in [3.8, 4) is 5.75 Å². The van der Waals surface area contributed by atoms with Crippen molar-refractivity contribution in [1.82, 2.24) is 4.31 Å². The number of aryl methyl sites for hydroxylation is 1. The summed E-state index contributed by atoms with van der Waals surface area (Å²) in [6.45, 7) is 2.31. The zero-order valence-corrected chi connectivity index (χ0v) is 17.6. The second-order valence-electron chi connectivity index (χ2n) is 6.94. The summed E-state index contributed by atoms with van der Waals surface area (Å²) in [6.07, 6.45) is 0. The van der Waals surface area contributed by atoms with Gasteiger partial charge in [0.05, 0.1) is 17.6 Å². The molecule has 0 spiro atoms. The lowest BCUT2D eigenvalue weighted by Crippen LogP contribution is -2.30. The number of carboxylic acids is 1. The van der Waals surface area contributed by atoms with Crippen molar-refractivity contribution < 1.29 is 23.1 Å². The zero-order chi connectivity index (χ0) is 21.7. The monoisotopic (exact) mass is 425 g/mol. The molecule has 3 rings (SSSR count). The van der Waals surface area contributed by atoms with E-state index >= 15 is 0 Å². The number of methoxy groups -OCH3 is 1. The number of hydrogen-bond donors (Lipinski definition) is 1. The van der Waals surface area contributed by atoms with E-state index in [0.717, 1.165) is 16.7 Å². The molecule has 0 aliphatic rings. The number of benzene rings is 3. The summed E-state index contributed by atoms with van der Waals surface area (Å²) in [6, 6.07) is 20.2. The molecule has 1 N–H and O–H groups in total. The van der Waals surface area contributed by atoms with Gasteiger partial charge < -0.3 is 9.84 Å². The SMILES string of the molecule is COc1ccc(CN(Cc2cccc(C)c2)S(=O)(=O)c2ccc(C(=O)O)cc2)cc1. The molecule has 6 nitrogen and oxygen atoms in total. The smallest absolute Gasteiger partial charge is 0.335 e. The highest BCUT2D eigenvalue weighted by molar-refractivity contribution is 7.89. The fourth-order valence-corrected chi connectivity index (χ4v) is 4.51. The van der Waals surface area contributed by atoms with Crippen molar-refractivity contribution in [3.05, 3.63) is 95.1 Å². The Bertz CT molecular complexity index is 1120. The lowest BCUT2D eigenvalue weighted by Gasteiger charge is -2.23. The molecular weight excluding hydrogens is 402 g/mol. The van der Waals surface area contributed by atoms with Crippen molar-refractivity contribution in [3.63, 3.8) is 0 Å². The second-order valence-corrected chi connectivity index (χ2v) is 8.88. The number of carbonyl (C=O) groups is 1. The molecule has 0 bridgehead atoms. The molecule has 0 unspecified atom stereocenters. The quantitative estimate of drug-likeness (QED) is 0.588. The zero-order valence-electron chi connectivity index (χ0n) is 16.8. The average molecular weight is 426 g/mol. The molecule has 0 fully saturated rings. The van der Waals surface area contributed by atoms with Gasteiger partial charge in [-0.05, 0) is 54.4 Å². The Morgan fingerprint density at radius 1 is 0.933 bits per heavy atom. The molecule has 0 aliphatic carbocycles. The standard InChI is InChI=1S/C23H23NO5S/c1-17-4-3-5-19(14-17)16-24(15-18-6-10-21(29-2)11-7-18)30(27,28)22-12-8-20(9-13-22)23(25)26/h3-14H,15-16H2,1-2H3,(H,25,26). The molecule has 0 aromatic heterocycles. The van der Waals surface area contributed by atoms with Crippen LogP contribution < -0.4 is 4.74 Å². The molecule has 0 saturated heterocycles. The third-order valence-corrected chi connectivity index (χ3v) is 6.50. The molecular formula is C23H23NO5S. The van der Waals surface area contributed by atoms with Crippen LogP contribution in [-0.4, -0.2) is 30.9 Å². The first kappa shape index (κ1) is 21.5. The molecule has 0 aliphatic heterocycles. The minimum absolute atomic E-state index is 0.0364. The van der Waals surface area contributed by atoms with Gasteiger partial charge in [0, 0.05) is 13.1 Å². The van der Waals surface area contributed by atoms with Gasteiger partial charge in [0.15, 0.2) is 0 Å². The van der Waals surface area contributed by atoms with Crippen LogP contribution in [-0.2, 0) is 23.1 Å². The summed E-state index contributed by atoms with van der Waals surface area (Å²) in [5.41, 5.74) is 2.76. The van der Waals surface area contributed by atoms with Crippen molar-refractivity contribution in [1.29, 1.82) is 0 Å². The summed E-state index contributed by atoms with van der Waals surface area (Å²) >= 11 is 0. The maximum absolute atomic E-state index is 13.4. The van der Waals surface area contributed by atoms with E-state index in [4.69, 9.17) is 9.84 Å². The van der Waals surface area contributed by atoms with Crippen LogP contribution in [0.15, 0.2) is 77.7 Å². The largest absolute Gasteiger partial charge is 0.497 e. The second kappa shape index (κ2) is 9.11. The molecule has 156 valence electrons. The molecule has 0 heterocycles. The Morgan fingerprint density at radius 3 is 2.13 bits per heavy atom. The summed E-state index contributed by atoms with van der Waals surface area (Å²) in [7, 11) is -2.29. The van der Waals surface area contributed by atoms with Gasteiger partial charge in [0.25, 0.3) is 0 Å². The minimum Gasteiger partial charge on any atom is -0.497 e. The van der Waals surface area contributed by atoms with Crippen LogP contribution in [0.25, 0.3) is 0 Å². The van der Waals surface area contributed by atoms with Gasteiger partial charge in [-0.25, -0.2) is 13.2 Å². The van der Waals surface area contributed by atoms with E-state index in [-0.39, 0.29) is 23.5 Å². The van der Waals surface area contributed by atoms with Crippen LogP contribution in [0.5, 0.6) is 5.75 Å². The number of ether oxygens (including phenoxy) is 1. The molecule has 0 saturated carbocycles. The highest BCUT2D eigenvalue weighted by Crippen LogP contribution is 2.23. The van der Waals surface area contributed by atoms with E-state index in [1.807, 2.05) is 43.3 Å². The van der Waals surface area contributed by atoms with E-state index in [1.165, 1.54) is 28.6 Å².